The van der Waals surface area contributed by atoms with Gasteiger partial charge in [0.05, 0.1) is 17.2 Å². The van der Waals surface area contributed by atoms with Crippen LogP contribution in [0.25, 0.3) is 0 Å². The summed E-state index contributed by atoms with van der Waals surface area (Å²) in [6.07, 6.45) is -1.82. The van der Waals surface area contributed by atoms with Crippen LogP contribution in [0.3, 0.4) is 0 Å². The lowest BCUT2D eigenvalue weighted by Crippen LogP contribution is -2.32. The van der Waals surface area contributed by atoms with E-state index >= 15 is 0 Å². The lowest BCUT2D eigenvalue weighted by molar-refractivity contribution is -0.0350. The Morgan fingerprint density at radius 2 is 1.54 bits per heavy atom. The molecule has 6 heteroatoms. The van der Waals surface area contributed by atoms with Crippen molar-refractivity contribution in [2.75, 3.05) is 6.61 Å². The number of nitriles is 1. The third-order valence-electron chi connectivity index (χ3n) is 4.56. The molecule has 144 valence electrons. The van der Waals surface area contributed by atoms with Crippen LogP contribution < -0.4 is 0 Å². The number of carbonyl (C=O) groups is 2. The molecule has 1 aliphatic rings. The Kier molecular flexibility index (Phi) is 6.07. The number of nitrogens with zero attached hydrogens (tertiary/aromatic N) is 1. The van der Waals surface area contributed by atoms with Gasteiger partial charge in [0, 0.05) is 6.42 Å². The highest BCUT2D eigenvalue weighted by Crippen LogP contribution is 2.25. The van der Waals surface area contributed by atoms with Crippen molar-refractivity contribution in [3.05, 3.63) is 70.8 Å². The van der Waals surface area contributed by atoms with Gasteiger partial charge in [0.25, 0.3) is 0 Å². The maximum absolute atomic E-state index is 12.4. The number of esters is 2. The second-order valence-corrected chi connectivity index (χ2v) is 6.80. The van der Waals surface area contributed by atoms with Gasteiger partial charge in [0.15, 0.2) is 0 Å². The Morgan fingerprint density at radius 1 is 1.00 bits per heavy atom. The highest BCUT2D eigenvalue weighted by Gasteiger charge is 2.39. The van der Waals surface area contributed by atoms with E-state index in [1.807, 2.05) is 44.2 Å². The third kappa shape index (κ3) is 4.76. The number of aryl methyl sites for hydroxylation is 2. The highest BCUT2D eigenvalue weighted by molar-refractivity contribution is 5.90. The fourth-order valence-corrected chi connectivity index (χ4v) is 2.90. The molecule has 6 nitrogen and oxygen atoms in total. The average Bonchev–Trinajstić information content (AvgIpc) is 3.09. The van der Waals surface area contributed by atoms with Gasteiger partial charge >= 0.3 is 11.9 Å². The van der Waals surface area contributed by atoms with Gasteiger partial charge in [-0.15, -0.1) is 0 Å². The van der Waals surface area contributed by atoms with Crippen LogP contribution in [0.4, 0.5) is 0 Å². The monoisotopic (exact) mass is 379 g/mol. The molecule has 0 saturated carbocycles. The fraction of sp³-hybridized carbons (Fsp3) is 0.318. The second-order valence-electron chi connectivity index (χ2n) is 6.80. The molecule has 1 fully saturated rings. The zero-order valence-electron chi connectivity index (χ0n) is 15.8. The normalized spacial score (nSPS) is 21.0. The van der Waals surface area contributed by atoms with Gasteiger partial charge in [-0.3, -0.25) is 0 Å². The molecule has 1 unspecified atom stereocenters. The van der Waals surface area contributed by atoms with Crippen molar-refractivity contribution in [1.29, 1.82) is 5.26 Å². The minimum atomic E-state index is -0.709. The average molecular weight is 379 g/mol. The molecule has 2 aromatic rings. The summed E-state index contributed by atoms with van der Waals surface area (Å²) in [5.74, 6) is -0.991. The largest absolute Gasteiger partial charge is 0.459 e. The van der Waals surface area contributed by atoms with Crippen LogP contribution in [-0.4, -0.2) is 36.9 Å². The van der Waals surface area contributed by atoms with Gasteiger partial charge in [-0.2, -0.15) is 5.26 Å². The van der Waals surface area contributed by atoms with Crippen molar-refractivity contribution < 1.29 is 23.8 Å². The van der Waals surface area contributed by atoms with Gasteiger partial charge in [-0.25, -0.2) is 9.59 Å². The van der Waals surface area contributed by atoms with Crippen molar-refractivity contribution >= 4 is 11.9 Å². The molecule has 0 radical (unpaired) electrons. The summed E-state index contributed by atoms with van der Waals surface area (Å²) in [6, 6.07) is 16.0. The van der Waals surface area contributed by atoms with Crippen molar-refractivity contribution in [3.8, 4) is 6.07 Å². The number of hydrogen-bond acceptors (Lipinski definition) is 6. The summed E-state index contributed by atoms with van der Waals surface area (Å²) in [6.45, 7) is 3.75. The summed E-state index contributed by atoms with van der Waals surface area (Å²) in [5, 5.41) is 9.14. The van der Waals surface area contributed by atoms with E-state index in [2.05, 4.69) is 0 Å². The third-order valence-corrected chi connectivity index (χ3v) is 4.56. The number of hydrogen-bond donors (Lipinski definition) is 0. The molecule has 0 aromatic heterocycles. The van der Waals surface area contributed by atoms with Crippen LogP contribution in [0.1, 0.15) is 38.3 Å². The van der Waals surface area contributed by atoms with Crippen molar-refractivity contribution in [3.63, 3.8) is 0 Å². The van der Waals surface area contributed by atoms with Crippen LogP contribution >= 0.6 is 0 Å². The summed E-state index contributed by atoms with van der Waals surface area (Å²) >= 11 is 0. The van der Waals surface area contributed by atoms with Gasteiger partial charge in [0.2, 0.25) is 0 Å². The van der Waals surface area contributed by atoms with E-state index in [1.54, 1.807) is 24.3 Å². The van der Waals surface area contributed by atoms with Crippen LogP contribution in [0.15, 0.2) is 48.5 Å². The van der Waals surface area contributed by atoms with E-state index < -0.39 is 30.3 Å². The molecular formula is C22H21NO5. The Hall–Kier alpha value is -3.17. The summed E-state index contributed by atoms with van der Waals surface area (Å²) in [4.78, 5) is 24.6. The topological polar surface area (TPSA) is 85.6 Å². The molecule has 0 N–H and O–H groups in total. The number of ether oxygens (including phenoxy) is 3. The van der Waals surface area contributed by atoms with E-state index in [-0.39, 0.29) is 13.0 Å². The molecule has 1 aliphatic heterocycles. The van der Waals surface area contributed by atoms with Gasteiger partial charge < -0.3 is 14.2 Å². The van der Waals surface area contributed by atoms with Crippen molar-refractivity contribution in [2.45, 2.75) is 38.6 Å². The molecule has 3 rings (SSSR count). The second kappa shape index (κ2) is 8.68. The minimum absolute atomic E-state index is 0.100. The minimum Gasteiger partial charge on any atom is -0.459 e. The first-order valence-corrected chi connectivity index (χ1v) is 9.03. The quantitative estimate of drug-likeness (QED) is 0.741. The lowest BCUT2D eigenvalue weighted by atomic mass is 10.1. The molecule has 0 spiro atoms. The lowest BCUT2D eigenvalue weighted by Gasteiger charge is -2.19. The molecule has 0 amide bonds. The SMILES string of the molecule is Cc1ccc(C(=O)OC[C@@H]2O[C@H](C#N)CC2OC(=O)c2ccc(C)cc2)cc1. The molecule has 1 saturated heterocycles. The molecule has 0 aliphatic carbocycles. The summed E-state index contributed by atoms with van der Waals surface area (Å²) < 4.78 is 16.4. The van der Waals surface area contributed by atoms with Crippen LogP contribution in [0.2, 0.25) is 0 Å². The fourth-order valence-electron chi connectivity index (χ4n) is 2.90. The maximum Gasteiger partial charge on any atom is 0.338 e. The zero-order valence-corrected chi connectivity index (χ0v) is 15.8. The van der Waals surface area contributed by atoms with Gasteiger partial charge in [0.1, 0.15) is 24.9 Å². The Bertz CT molecular complexity index is 883. The van der Waals surface area contributed by atoms with E-state index in [1.165, 1.54) is 0 Å². The number of rotatable bonds is 5. The zero-order chi connectivity index (χ0) is 20.1. The summed E-state index contributed by atoms with van der Waals surface area (Å²) in [7, 11) is 0. The number of carbonyl (C=O) groups excluding carboxylic acids is 2. The standard InChI is InChI=1S/C22H21NO5/c1-14-3-7-16(8-4-14)21(24)26-13-20-19(11-18(12-23)27-20)28-22(25)17-9-5-15(2)6-10-17/h3-10,18-20H,11,13H2,1-2H3/t18-,19?,20-/m0/s1. The highest BCUT2D eigenvalue weighted by atomic mass is 16.6. The first-order chi connectivity index (χ1) is 13.5. The first-order valence-electron chi connectivity index (χ1n) is 9.03. The van der Waals surface area contributed by atoms with Crippen LogP contribution in [0, 0.1) is 25.2 Å². The molecular weight excluding hydrogens is 358 g/mol. The maximum atomic E-state index is 12.4. The van der Waals surface area contributed by atoms with Gasteiger partial charge in [-0.1, -0.05) is 35.4 Å². The van der Waals surface area contributed by atoms with E-state index in [0.29, 0.717) is 11.1 Å². The molecule has 3 atom stereocenters. The number of benzene rings is 2. The predicted octanol–water partition coefficient (Wildman–Crippen LogP) is 3.37. The Balaban J connectivity index is 1.62. The van der Waals surface area contributed by atoms with Crippen molar-refractivity contribution in [2.24, 2.45) is 0 Å². The van der Waals surface area contributed by atoms with E-state index in [0.717, 1.165) is 11.1 Å². The van der Waals surface area contributed by atoms with E-state index in [4.69, 9.17) is 19.5 Å². The van der Waals surface area contributed by atoms with Crippen molar-refractivity contribution in [1.82, 2.24) is 0 Å². The van der Waals surface area contributed by atoms with E-state index in [9.17, 15) is 9.59 Å². The smallest absolute Gasteiger partial charge is 0.338 e. The Morgan fingerprint density at radius 3 is 2.07 bits per heavy atom. The molecule has 2 aromatic carbocycles. The molecule has 0 bridgehead atoms. The molecule has 1 heterocycles. The van der Waals surface area contributed by atoms with Gasteiger partial charge in [-0.05, 0) is 38.1 Å². The van der Waals surface area contributed by atoms with Crippen LogP contribution in [0.5, 0.6) is 0 Å². The molecule has 28 heavy (non-hydrogen) atoms. The first kappa shape index (κ1) is 19.6. The predicted molar refractivity (Wildman–Crippen MR) is 101 cm³/mol. The Labute approximate surface area is 163 Å². The van der Waals surface area contributed by atoms with Crippen LogP contribution in [-0.2, 0) is 14.2 Å². The summed E-state index contributed by atoms with van der Waals surface area (Å²) in [5.41, 5.74) is 2.91.